The molecule has 1 N–H and O–H groups in total. The van der Waals surface area contributed by atoms with Gasteiger partial charge in [-0.15, -0.1) is 0 Å². The second kappa shape index (κ2) is 6.96. The van der Waals surface area contributed by atoms with Crippen molar-refractivity contribution in [1.82, 2.24) is 9.80 Å². The summed E-state index contributed by atoms with van der Waals surface area (Å²) in [5.41, 5.74) is -0.616. The van der Waals surface area contributed by atoms with Crippen LogP contribution in [0.5, 0.6) is 0 Å². The van der Waals surface area contributed by atoms with Crippen LogP contribution in [0.25, 0.3) is 0 Å². The second-order valence-corrected chi connectivity index (χ2v) is 5.18. The van der Waals surface area contributed by atoms with Gasteiger partial charge < -0.3 is 19.6 Å². The third-order valence-corrected chi connectivity index (χ3v) is 2.54. The van der Waals surface area contributed by atoms with Crippen LogP contribution < -0.4 is 0 Å². The number of hydrogen-bond donors (Lipinski definition) is 1. The number of carboxylic acids is 1. The lowest BCUT2D eigenvalue weighted by atomic mass is 10.1. The van der Waals surface area contributed by atoms with Crippen molar-refractivity contribution >= 4 is 18.0 Å². The van der Waals surface area contributed by atoms with Crippen LogP contribution >= 0.6 is 0 Å². The number of rotatable bonds is 5. The fourth-order valence-electron chi connectivity index (χ4n) is 1.39. The Morgan fingerprint density at radius 2 is 1.74 bits per heavy atom. The number of aliphatic carboxylic acids is 1. The zero-order valence-electron chi connectivity index (χ0n) is 12.1. The molecular weight excluding hydrogens is 252 g/mol. The van der Waals surface area contributed by atoms with E-state index in [1.807, 2.05) is 0 Å². The predicted molar refractivity (Wildman–Crippen MR) is 68.8 cm³/mol. The smallest absolute Gasteiger partial charge is 0.323 e. The number of nitrogens with zero attached hydrogens (tertiary/aromatic N) is 2. The van der Waals surface area contributed by atoms with Gasteiger partial charge in [-0.1, -0.05) is 0 Å². The van der Waals surface area contributed by atoms with Crippen LogP contribution in [0, 0.1) is 0 Å². The second-order valence-electron chi connectivity index (χ2n) is 5.18. The molecule has 0 unspecified atom stereocenters. The van der Waals surface area contributed by atoms with Gasteiger partial charge in [-0.3, -0.25) is 9.59 Å². The van der Waals surface area contributed by atoms with E-state index in [4.69, 9.17) is 5.11 Å². The van der Waals surface area contributed by atoms with Gasteiger partial charge in [0.1, 0.15) is 6.54 Å². The number of esters is 1. The first-order valence-corrected chi connectivity index (χ1v) is 5.91. The third-order valence-electron chi connectivity index (χ3n) is 2.54. The van der Waals surface area contributed by atoms with Gasteiger partial charge in [-0.2, -0.15) is 0 Å². The highest BCUT2D eigenvalue weighted by atomic mass is 16.5. The van der Waals surface area contributed by atoms with Gasteiger partial charge in [-0.05, 0) is 20.8 Å². The van der Waals surface area contributed by atoms with E-state index in [9.17, 15) is 14.4 Å². The number of carbonyl (C=O) groups excluding carboxylic acids is 2. The highest BCUT2D eigenvalue weighted by Gasteiger charge is 2.30. The lowest BCUT2D eigenvalue weighted by Gasteiger charge is -2.37. The minimum Gasteiger partial charge on any atom is -0.480 e. The lowest BCUT2D eigenvalue weighted by Crippen LogP contribution is -2.53. The quantitative estimate of drug-likeness (QED) is 0.749. The third kappa shape index (κ3) is 6.08. The van der Waals surface area contributed by atoms with Crippen LogP contribution in [0.15, 0.2) is 0 Å². The van der Waals surface area contributed by atoms with Crippen LogP contribution in [0.4, 0.5) is 4.79 Å². The van der Waals surface area contributed by atoms with E-state index in [1.54, 1.807) is 20.8 Å². The van der Waals surface area contributed by atoms with Crippen molar-refractivity contribution in [1.29, 1.82) is 0 Å². The van der Waals surface area contributed by atoms with Gasteiger partial charge in [0.05, 0.1) is 13.5 Å². The van der Waals surface area contributed by atoms with Gasteiger partial charge in [-0.25, -0.2) is 4.79 Å². The van der Waals surface area contributed by atoms with Crippen LogP contribution in [0.2, 0.25) is 0 Å². The Labute approximate surface area is 113 Å². The van der Waals surface area contributed by atoms with Crippen molar-refractivity contribution in [2.45, 2.75) is 32.7 Å². The first kappa shape index (κ1) is 17.2. The van der Waals surface area contributed by atoms with Crippen LogP contribution in [0.3, 0.4) is 0 Å². The number of carboxylic acid groups (broad SMARTS) is 1. The Morgan fingerprint density at radius 3 is 2.11 bits per heavy atom. The van der Waals surface area contributed by atoms with Gasteiger partial charge >= 0.3 is 18.0 Å². The summed E-state index contributed by atoms with van der Waals surface area (Å²) in [4.78, 5) is 36.5. The Hall–Kier alpha value is -1.79. The summed E-state index contributed by atoms with van der Waals surface area (Å²) < 4.78 is 4.49. The number of carbonyl (C=O) groups is 3. The van der Waals surface area contributed by atoms with Crippen molar-refractivity contribution in [2.24, 2.45) is 0 Å². The normalized spacial score (nSPS) is 10.8. The largest absolute Gasteiger partial charge is 0.480 e. The van der Waals surface area contributed by atoms with E-state index < -0.39 is 23.5 Å². The molecule has 0 heterocycles. The Balaban J connectivity index is 4.71. The number of methoxy groups -OCH3 is 1. The minimum absolute atomic E-state index is 0.0732. The van der Waals surface area contributed by atoms with E-state index in [0.717, 1.165) is 0 Å². The molecule has 0 aliphatic rings. The first-order chi connectivity index (χ1) is 8.59. The summed E-state index contributed by atoms with van der Waals surface area (Å²) in [6.45, 7) is 5.05. The molecule has 19 heavy (non-hydrogen) atoms. The van der Waals surface area contributed by atoms with Gasteiger partial charge in [0, 0.05) is 19.1 Å². The molecule has 7 nitrogen and oxygen atoms in total. The molecule has 110 valence electrons. The number of ether oxygens (including phenoxy) is 1. The first-order valence-electron chi connectivity index (χ1n) is 5.91. The summed E-state index contributed by atoms with van der Waals surface area (Å²) >= 11 is 0. The summed E-state index contributed by atoms with van der Waals surface area (Å²) in [6, 6.07) is -0.432. The number of hydrogen-bond acceptors (Lipinski definition) is 4. The van der Waals surface area contributed by atoms with Crippen molar-refractivity contribution in [3.05, 3.63) is 0 Å². The van der Waals surface area contributed by atoms with E-state index in [2.05, 4.69) is 4.74 Å². The maximum Gasteiger partial charge on any atom is 0.323 e. The van der Waals surface area contributed by atoms with Crippen molar-refractivity contribution in [2.75, 3.05) is 27.2 Å². The molecular formula is C12H22N2O5. The van der Waals surface area contributed by atoms with Gasteiger partial charge in [0.15, 0.2) is 0 Å². The van der Waals surface area contributed by atoms with Crippen molar-refractivity contribution in [3.63, 3.8) is 0 Å². The average molecular weight is 274 g/mol. The Kier molecular flexibility index (Phi) is 6.31. The predicted octanol–water partition coefficient (Wildman–Crippen LogP) is 0.786. The molecule has 0 aromatic carbocycles. The van der Waals surface area contributed by atoms with E-state index in [1.165, 1.54) is 24.0 Å². The molecule has 0 atom stereocenters. The summed E-state index contributed by atoms with van der Waals surface area (Å²) in [7, 11) is 2.79. The van der Waals surface area contributed by atoms with Crippen LogP contribution in [-0.4, -0.2) is 65.7 Å². The zero-order valence-corrected chi connectivity index (χ0v) is 12.1. The standard InChI is InChI=1S/C12H22N2O5/c1-12(2,3)14(8-9(15)16)11(18)13(4)7-6-10(17)19-5/h6-8H2,1-5H3,(H,15,16). The summed E-state index contributed by atoms with van der Waals surface area (Å²) in [5, 5.41) is 8.85. The molecule has 2 amide bonds. The highest BCUT2D eigenvalue weighted by Crippen LogP contribution is 2.15. The molecule has 0 saturated heterocycles. The summed E-state index contributed by atoms with van der Waals surface area (Å²) in [6.07, 6.45) is 0.0732. The fourth-order valence-corrected chi connectivity index (χ4v) is 1.39. The maximum absolute atomic E-state index is 12.2. The minimum atomic E-state index is -1.08. The van der Waals surface area contributed by atoms with E-state index >= 15 is 0 Å². The molecule has 0 aromatic heterocycles. The monoisotopic (exact) mass is 274 g/mol. The Morgan fingerprint density at radius 1 is 1.21 bits per heavy atom. The van der Waals surface area contributed by atoms with Crippen molar-refractivity contribution in [3.8, 4) is 0 Å². The maximum atomic E-state index is 12.2. The van der Waals surface area contributed by atoms with E-state index in [-0.39, 0.29) is 19.5 Å². The lowest BCUT2D eigenvalue weighted by molar-refractivity contribution is -0.141. The van der Waals surface area contributed by atoms with Crippen molar-refractivity contribution < 1.29 is 24.2 Å². The van der Waals surface area contributed by atoms with Crippen LogP contribution in [0.1, 0.15) is 27.2 Å². The molecule has 7 heteroatoms. The fraction of sp³-hybridized carbons (Fsp3) is 0.750. The zero-order chi connectivity index (χ0) is 15.2. The molecule has 0 aromatic rings. The SMILES string of the molecule is COC(=O)CCN(C)C(=O)N(CC(=O)O)C(C)(C)C. The van der Waals surface area contributed by atoms with Gasteiger partial charge in [0.25, 0.3) is 0 Å². The van der Waals surface area contributed by atoms with E-state index in [0.29, 0.717) is 0 Å². The number of amides is 2. The average Bonchev–Trinajstić information content (AvgIpc) is 2.29. The van der Waals surface area contributed by atoms with Gasteiger partial charge in [0.2, 0.25) is 0 Å². The van der Waals surface area contributed by atoms with Crippen LogP contribution in [-0.2, 0) is 14.3 Å². The number of urea groups is 1. The molecule has 0 saturated carbocycles. The molecule has 0 fully saturated rings. The molecule has 0 aliphatic heterocycles. The Bertz CT molecular complexity index is 349. The summed E-state index contributed by atoms with van der Waals surface area (Å²) in [5.74, 6) is -1.50. The molecule has 0 bridgehead atoms. The topological polar surface area (TPSA) is 87.2 Å². The molecule has 0 rings (SSSR count). The molecule has 0 spiro atoms. The highest BCUT2D eigenvalue weighted by molar-refractivity contribution is 5.81. The molecule has 0 radical (unpaired) electrons. The molecule has 0 aliphatic carbocycles.